The van der Waals surface area contributed by atoms with Crippen molar-refractivity contribution in [1.29, 1.82) is 0 Å². The van der Waals surface area contributed by atoms with E-state index in [-0.39, 0.29) is 31.6 Å². The van der Waals surface area contributed by atoms with Crippen LogP contribution in [0, 0.1) is 5.92 Å². The van der Waals surface area contributed by atoms with Crippen LogP contribution in [0.2, 0.25) is 0 Å². The van der Waals surface area contributed by atoms with Crippen LogP contribution < -0.4 is 10.6 Å². The molecule has 0 saturated carbocycles. The first-order chi connectivity index (χ1) is 14.9. The lowest BCUT2D eigenvalue weighted by Crippen LogP contribution is -2.52. The molecular weight excluding hydrogens is 404 g/mol. The van der Waals surface area contributed by atoms with E-state index < -0.39 is 30.4 Å². The van der Waals surface area contributed by atoms with Crippen LogP contribution in [0.15, 0.2) is 30.3 Å². The number of rotatable bonds is 11. The summed E-state index contributed by atoms with van der Waals surface area (Å²) in [6.45, 7) is 6.13. The van der Waals surface area contributed by atoms with E-state index in [0.717, 1.165) is 5.56 Å². The number of hydrogen-bond acceptors (Lipinski definition) is 7. The Labute approximate surface area is 182 Å². The first-order valence-corrected chi connectivity index (χ1v) is 10.6. The van der Waals surface area contributed by atoms with Gasteiger partial charge in [-0.15, -0.1) is 0 Å². The number of esters is 1. The first kappa shape index (κ1) is 24.6. The van der Waals surface area contributed by atoms with Gasteiger partial charge in [-0.05, 0) is 31.2 Å². The van der Waals surface area contributed by atoms with E-state index in [1.165, 1.54) is 0 Å². The molecule has 31 heavy (non-hydrogen) atoms. The summed E-state index contributed by atoms with van der Waals surface area (Å²) in [5.41, 5.74) is 0.854. The third-order valence-electron chi connectivity index (χ3n) is 4.57. The summed E-state index contributed by atoms with van der Waals surface area (Å²) in [5, 5.41) is 5.50. The molecule has 0 radical (unpaired) electrons. The number of amides is 2. The van der Waals surface area contributed by atoms with Gasteiger partial charge in [-0.25, -0.2) is 9.59 Å². The molecule has 3 atom stereocenters. The minimum absolute atomic E-state index is 0.114. The second-order valence-electron chi connectivity index (χ2n) is 7.65. The fraction of sp³-hybridized carbons (Fsp3) is 0.591. The fourth-order valence-corrected chi connectivity index (χ4v) is 3.11. The molecule has 0 spiro atoms. The van der Waals surface area contributed by atoms with Gasteiger partial charge in [0.2, 0.25) is 5.91 Å². The Morgan fingerprint density at radius 2 is 1.90 bits per heavy atom. The van der Waals surface area contributed by atoms with Crippen LogP contribution in [0.1, 0.15) is 39.2 Å². The van der Waals surface area contributed by atoms with Crippen molar-refractivity contribution in [2.45, 2.75) is 58.6 Å². The molecule has 2 N–H and O–H groups in total. The largest absolute Gasteiger partial charge is 0.464 e. The molecule has 9 heteroatoms. The quantitative estimate of drug-likeness (QED) is 0.511. The topological polar surface area (TPSA) is 112 Å². The van der Waals surface area contributed by atoms with Crippen molar-refractivity contribution in [3.8, 4) is 0 Å². The lowest BCUT2D eigenvalue weighted by Gasteiger charge is -2.24. The summed E-state index contributed by atoms with van der Waals surface area (Å²) in [6, 6.07) is 8.09. The van der Waals surface area contributed by atoms with Crippen molar-refractivity contribution >= 4 is 18.0 Å². The van der Waals surface area contributed by atoms with Crippen LogP contribution in [0.4, 0.5) is 4.79 Å². The number of nitrogens with one attached hydrogen (secondary N) is 2. The number of carbonyl (C=O) groups is 3. The molecule has 1 aromatic rings. The van der Waals surface area contributed by atoms with E-state index in [4.69, 9.17) is 18.9 Å². The first-order valence-electron chi connectivity index (χ1n) is 10.6. The van der Waals surface area contributed by atoms with Gasteiger partial charge in [0.25, 0.3) is 0 Å². The maximum Gasteiger partial charge on any atom is 0.408 e. The average Bonchev–Trinajstić information content (AvgIpc) is 3.18. The van der Waals surface area contributed by atoms with Crippen LogP contribution in [0.25, 0.3) is 0 Å². The molecule has 172 valence electrons. The van der Waals surface area contributed by atoms with E-state index in [2.05, 4.69) is 10.6 Å². The van der Waals surface area contributed by atoms with Crippen LogP contribution in [-0.2, 0) is 35.1 Å². The lowest BCUT2D eigenvalue weighted by molar-refractivity contribution is -0.166. The smallest absolute Gasteiger partial charge is 0.408 e. The molecule has 0 aromatic heterocycles. The molecule has 1 fully saturated rings. The zero-order valence-corrected chi connectivity index (χ0v) is 18.3. The van der Waals surface area contributed by atoms with Crippen LogP contribution in [-0.4, -0.2) is 56.2 Å². The van der Waals surface area contributed by atoms with Crippen molar-refractivity contribution < 1.29 is 33.3 Å². The zero-order chi connectivity index (χ0) is 22.6. The van der Waals surface area contributed by atoms with Gasteiger partial charge in [-0.2, -0.15) is 0 Å². The van der Waals surface area contributed by atoms with Crippen LogP contribution >= 0.6 is 0 Å². The molecule has 1 saturated heterocycles. The zero-order valence-electron chi connectivity index (χ0n) is 18.3. The van der Waals surface area contributed by atoms with Gasteiger partial charge in [-0.1, -0.05) is 44.2 Å². The molecule has 2 rings (SSSR count). The highest BCUT2D eigenvalue weighted by Gasteiger charge is 2.33. The average molecular weight is 437 g/mol. The number of ether oxygens (including phenoxy) is 4. The maximum absolute atomic E-state index is 12.8. The van der Waals surface area contributed by atoms with Gasteiger partial charge in [0.05, 0.1) is 19.3 Å². The Morgan fingerprint density at radius 1 is 1.16 bits per heavy atom. The minimum atomic E-state index is -0.769. The third kappa shape index (κ3) is 8.94. The summed E-state index contributed by atoms with van der Waals surface area (Å²) in [5.74, 6) is -0.685. The fourth-order valence-electron chi connectivity index (χ4n) is 3.11. The second kappa shape index (κ2) is 12.9. The van der Waals surface area contributed by atoms with Gasteiger partial charge < -0.3 is 29.6 Å². The molecule has 1 heterocycles. The monoisotopic (exact) mass is 436 g/mol. The van der Waals surface area contributed by atoms with Crippen molar-refractivity contribution in [3.05, 3.63) is 35.9 Å². The molecule has 1 unspecified atom stereocenters. The molecule has 1 aromatic carbocycles. The number of benzene rings is 1. The normalized spacial score (nSPS) is 19.0. The number of alkyl carbamates (subject to hydrolysis) is 1. The molecule has 0 bridgehead atoms. The highest BCUT2D eigenvalue weighted by Crippen LogP contribution is 2.16. The van der Waals surface area contributed by atoms with E-state index in [1.807, 2.05) is 44.2 Å². The van der Waals surface area contributed by atoms with Gasteiger partial charge in [0.15, 0.2) is 6.29 Å². The van der Waals surface area contributed by atoms with E-state index in [1.54, 1.807) is 6.92 Å². The van der Waals surface area contributed by atoms with Gasteiger partial charge in [0, 0.05) is 0 Å². The molecular formula is C22H32N2O7. The van der Waals surface area contributed by atoms with Crippen molar-refractivity contribution in [3.63, 3.8) is 0 Å². The standard InChI is InChI=1S/C22H32N2O7/c1-4-28-19(25)14-30-21-17(10-11-29-21)23-20(26)18(12-15(2)3)24-22(27)31-13-16-8-6-5-7-9-16/h5-9,15,17-18,21H,4,10-14H2,1-3H3,(H,23,26)(H,24,27)/t17-,18-,21?/m0/s1. The molecule has 1 aliphatic rings. The maximum atomic E-state index is 12.8. The Balaban J connectivity index is 1.87. The molecule has 1 aliphatic heterocycles. The summed E-state index contributed by atoms with van der Waals surface area (Å²) in [4.78, 5) is 36.6. The van der Waals surface area contributed by atoms with Gasteiger partial charge in [-0.3, -0.25) is 4.79 Å². The molecule has 9 nitrogen and oxygen atoms in total. The van der Waals surface area contributed by atoms with Gasteiger partial charge in [0.1, 0.15) is 19.3 Å². The Bertz CT molecular complexity index is 711. The lowest BCUT2D eigenvalue weighted by atomic mass is 10.0. The Kier molecular flexibility index (Phi) is 10.3. The summed E-state index contributed by atoms with van der Waals surface area (Å²) in [7, 11) is 0. The summed E-state index contributed by atoms with van der Waals surface area (Å²) in [6.07, 6.45) is -0.444. The van der Waals surface area contributed by atoms with E-state index >= 15 is 0 Å². The van der Waals surface area contributed by atoms with Gasteiger partial charge >= 0.3 is 12.1 Å². The SMILES string of the molecule is CCOC(=O)COC1OCC[C@@H]1NC(=O)[C@H](CC(C)C)NC(=O)OCc1ccccc1. The van der Waals surface area contributed by atoms with Crippen molar-refractivity contribution in [1.82, 2.24) is 10.6 Å². The number of hydrogen-bond donors (Lipinski definition) is 2. The highest BCUT2D eigenvalue weighted by atomic mass is 16.7. The van der Waals surface area contributed by atoms with Crippen molar-refractivity contribution in [2.75, 3.05) is 19.8 Å². The molecule has 0 aliphatic carbocycles. The predicted octanol–water partition coefficient (Wildman–Crippen LogP) is 2.14. The minimum Gasteiger partial charge on any atom is -0.464 e. The summed E-state index contributed by atoms with van der Waals surface area (Å²) >= 11 is 0. The Morgan fingerprint density at radius 3 is 2.58 bits per heavy atom. The van der Waals surface area contributed by atoms with E-state index in [9.17, 15) is 14.4 Å². The van der Waals surface area contributed by atoms with Crippen LogP contribution in [0.5, 0.6) is 0 Å². The second-order valence-corrected chi connectivity index (χ2v) is 7.65. The third-order valence-corrected chi connectivity index (χ3v) is 4.57. The summed E-state index contributed by atoms with van der Waals surface area (Å²) < 4.78 is 21.0. The highest BCUT2D eigenvalue weighted by molar-refractivity contribution is 5.85. The Hall–Kier alpha value is -2.65. The van der Waals surface area contributed by atoms with Crippen LogP contribution in [0.3, 0.4) is 0 Å². The molecule has 2 amide bonds. The predicted molar refractivity (Wildman–Crippen MR) is 112 cm³/mol. The van der Waals surface area contributed by atoms with Crippen molar-refractivity contribution in [2.24, 2.45) is 5.92 Å². The number of carbonyl (C=O) groups excluding carboxylic acids is 3. The van der Waals surface area contributed by atoms with E-state index in [0.29, 0.717) is 19.4 Å².